The second-order valence-corrected chi connectivity index (χ2v) is 6.72. The molecule has 2 aromatic rings. The van der Waals surface area contributed by atoms with Gasteiger partial charge in [-0.2, -0.15) is 0 Å². The number of hydrogen-bond acceptors (Lipinski definition) is 4. The monoisotopic (exact) mass is 292 g/mol. The fraction of sp³-hybridized carbons (Fsp3) is 0.400. The highest BCUT2D eigenvalue weighted by Crippen LogP contribution is 2.29. The van der Waals surface area contributed by atoms with Crippen LogP contribution in [-0.2, 0) is 5.41 Å². The number of ketones is 1. The molecule has 1 heterocycles. The van der Waals surface area contributed by atoms with Gasteiger partial charge in [-0.25, -0.2) is 4.39 Å². The third kappa shape index (κ3) is 2.63. The van der Waals surface area contributed by atoms with E-state index >= 15 is 0 Å². The Morgan fingerprint density at radius 3 is 2.45 bits per heavy atom. The van der Waals surface area contributed by atoms with E-state index in [0.717, 1.165) is 17.1 Å². The lowest BCUT2D eigenvalue weighted by Crippen LogP contribution is -2.17. The molecule has 5 heteroatoms. The molecule has 3 nitrogen and oxygen atoms in total. The van der Waals surface area contributed by atoms with Gasteiger partial charge in [0.05, 0.1) is 11.3 Å². The predicted octanol–water partition coefficient (Wildman–Crippen LogP) is 3.82. The van der Waals surface area contributed by atoms with Gasteiger partial charge in [-0.3, -0.25) is 4.79 Å². The minimum Gasteiger partial charge on any atom is -0.287 e. The molecule has 1 aromatic heterocycles. The molecule has 0 aliphatic heterocycles. The molecule has 0 fully saturated rings. The normalized spacial score (nSPS) is 11.7. The predicted molar refractivity (Wildman–Crippen MR) is 77.9 cm³/mol. The number of aryl methyl sites for hydroxylation is 2. The van der Waals surface area contributed by atoms with Crippen LogP contribution in [0.5, 0.6) is 0 Å². The summed E-state index contributed by atoms with van der Waals surface area (Å²) >= 11 is 1.02. The Morgan fingerprint density at radius 1 is 1.25 bits per heavy atom. The summed E-state index contributed by atoms with van der Waals surface area (Å²) in [5, 5.41) is 4.04. The smallest absolute Gasteiger partial charge is 0.209 e. The molecular formula is C15H17FN2OS. The van der Waals surface area contributed by atoms with Crippen molar-refractivity contribution in [1.82, 2.24) is 9.59 Å². The molecule has 0 aliphatic carbocycles. The Labute approximate surface area is 122 Å². The Kier molecular flexibility index (Phi) is 3.73. The van der Waals surface area contributed by atoms with Crippen LogP contribution in [0.2, 0.25) is 0 Å². The molecule has 0 atom stereocenters. The molecule has 0 saturated heterocycles. The molecule has 0 spiro atoms. The maximum absolute atomic E-state index is 14.1. The summed E-state index contributed by atoms with van der Waals surface area (Å²) in [6.45, 7) is 9.42. The van der Waals surface area contributed by atoms with E-state index in [2.05, 4.69) is 9.59 Å². The van der Waals surface area contributed by atoms with Crippen molar-refractivity contribution in [1.29, 1.82) is 0 Å². The summed E-state index contributed by atoms with van der Waals surface area (Å²) in [7, 11) is 0. The summed E-state index contributed by atoms with van der Waals surface area (Å²) in [5.74, 6) is -0.819. The van der Waals surface area contributed by atoms with Crippen LogP contribution in [0.1, 0.15) is 52.8 Å². The molecule has 20 heavy (non-hydrogen) atoms. The summed E-state index contributed by atoms with van der Waals surface area (Å²) in [6.07, 6.45) is 0. The number of carbonyl (C=O) groups excluding carboxylic acids is 1. The first-order chi connectivity index (χ1) is 9.21. The lowest BCUT2D eigenvalue weighted by atomic mass is 9.89. The number of carbonyl (C=O) groups is 1. The van der Waals surface area contributed by atoms with Crippen LogP contribution in [0.25, 0.3) is 0 Å². The highest BCUT2D eigenvalue weighted by molar-refractivity contribution is 7.08. The minimum absolute atomic E-state index is 0.118. The van der Waals surface area contributed by atoms with Gasteiger partial charge in [-0.05, 0) is 42.6 Å². The first-order valence-electron chi connectivity index (χ1n) is 6.36. The second-order valence-electron chi connectivity index (χ2n) is 5.97. The van der Waals surface area contributed by atoms with Crippen molar-refractivity contribution in [3.63, 3.8) is 0 Å². The van der Waals surface area contributed by atoms with Crippen molar-refractivity contribution in [2.45, 2.75) is 40.0 Å². The van der Waals surface area contributed by atoms with Gasteiger partial charge in [0.15, 0.2) is 0 Å². The average molecular weight is 292 g/mol. The van der Waals surface area contributed by atoms with Crippen molar-refractivity contribution in [3.8, 4) is 0 Å². The van der Waals surface area contributed by atoms with Gasteiger partial charge in [-0.15, -0.1) is 5.10 Å². The fourth-order valence-corrected chi connectivity index (χ4v) is 2.97. The zero-order valence-electron chi connectivity index (χ0n) is 12.2. The number of nitrogens with zero attached hydrogens (tertiary/aromatic N) is 2. The van der Waals surface area contributed by atoms with Crippen LogP contribution >= 0.6 is 11.5 Å². The van der Waals surface area contributed by atoms with Gasteiger partial charge in [0, 0.05) is 5.41 Å². The molecule has 0 radical (unpaired) electrons. The standard InChI is InChI=1S/C15H17FN2OS/c1-8-6-9(2)11(10(16)7-8)12(19)13-14(15(3,4)5)17-18-20-13/h6-7H,1-5H3. The number of benzene rings is 1. The first kappa shape index (κ1) is 14.8. The maximum Gasteiger partial charge on any atom is 0.209 e. The van der Waals surface area contributed by atoms with Crippen LogP contribution < -0.4 is 0 Å². The van der Waals surface area contributed by atoms with Crippen LogP contribution in [0.3, 0.4) is 0 Å². The maximum atomic E-state index is 14.1. The summed E-state index contributed by atoms with van der Waals surface area (Å²) in [5.41, 5.74) is 1.88. The largest absolute Gasteiger partial charge is 0.287 e. The molecular weight excluding hydrogens is 275 g/mol. The van der Waals surface area contributed by atoms with Crippen LogP contribution in [0.15, 0.2) is 12.1 Å². The molecule has 2 rings (SSSR count). The van der Waals surface area contributed by atoms with E-state index in [0.29, 0.717) is 16.1 Å². The Morgan fingerprint density at radius 2 is 1.90 bits per heavy atom. The zero-order valence-corrected chi connectivity index (χ0v) is 13.1. The first-order valence-corrected chi connectivity index (χ1v) is 7.13. The molecule has 0 saturated carbocycles. The molecule has 0 N–H and O–H groups in total. The van der Waals surface area contributed by atoms with Crippen molar-refractivity contribution >= 4 is 17.3 Å². The molecule has 106 valence electrons. The summed E-state index contributed by atoms with van der Waals surface area (Å²) in [6, 6.07) is 3.19. The zero-order chi connectivity index (χ0) is 15.1. The lowest BCUT2D eigenvalue weighted by Gasteiger charge is -2.16. The van der Waals surface area contributed by atoms with Crippen molar-refractivity contribution in [3.05, 3.63) is 45.2 Å². The van der Waals surface area contributed by atoms with Gasteiger partial charge in [0.25, 0.3) is 0 Å². The molecule has 0 bridgehead atoms. The highest BCUT2D eigenvalue weighted by atomic mass is 32.1. The number of rotatable bonds is 2. The van der Waals surface area contributed by atoms with Gasteiger partial charge < -0.3 is 0 Å². The highest BCUT2D eigenvalue weighted by Gasteiger charge is 2.29. The van der Waals surface area contributed by atoms with Gasteiger partial charge in [-0.1, -0.05) is 31.3 Å². The van der Waals surface area contributed by atoms with Crippen LogP contribution in [0, 0.1) is 19.7 Å². The third-order valence-corrected chi connectivity index (χ3v) is 3.79. The van der Waals surface area contributed by atoms with Gasteiger partial charge in [0.1, 0.15) is 10.7 Å². The second kappa shape index (κ2) is 5.05. The van der Waals surface area contributed by atoms with Crippen molar-refractivity contribution in [2.75, 3.05) is 0 Å². The van der Waals surface area contributed by atoms with Crippen LogP contribution in [-0.4, -0.2) is 15.4 Å². The number of aromatic nitrogens is 2. The Bertz CT molecular complexity index is 648. The van der Waals surface area contributed by atoms with E-state index in [9.17, 15) is 9.18 Å². The minimum atomic E-state index is -0.485. The quantitative estimate of drug-likeness (QED) is 0.790. The van der Waals surface area contributed by atoms with E-state index in [1.807, 2.05) is 26.8 Å². The van der Waals surface area contributed by atoms with Gasteiger partial charge >= 0.3 is 0 Å². The molecule has 0 amide bonds. The van der Waals surface area contributed by atoms with E-state index in [4.69, 9.17) is 0 Å². The van der Waals surface area contributed by atoms with E-state index in [-0.39, 0.29) is 16.8 Å². The topological polar surface area (TPSA) is 42.9 Å². The van der Waals surface area contributed by atoms with Crippen molar-refractivity contribution in [2.24, 2.45) is 0 Å². The van der Waals surface area contributed by atoms with Crippen LogP contribution in [0.4, 0.5) is 4.39 Å². The molecule has 0 aliphatic rings. The lowest BCUT2D eigenvalue weighted by molar-refractivity contribution is 0.103. The van der Waals surface area contributed by atoms with Crippen molar-refractivity contribution < 1.29 is 9.18 Å². The van der Waals surface area contributed by atoms with E-state index < -0.39 is 5.82 Å². The molecule has 0 unspecified atom stereocenters. The van der Waals surface area contributed by atoms with E-state index in [1.165, 1.54) is 6.07 Å². The van der Waals surface area contributed by atoms with Gasteiger partial charge in [0.2, 0.25) is 5.78 Å². The Hall–Kier alpha value is -1.62. The average Bonchev–Trinajstić information content (AvgIpc) is 2.75. The molecule has 1 aromatic carbocycles. The SMILES string of the molecule is Cc1cc(C)c(C(=O)c2snnc2C(C)(C)C)c(F)c1. The number of hydrogen-bond donors (Lipinski definition) is 0. The Balaban J connectivity index is 2.57. The summed E-state index contributed by atoms with van der Waals surface area (Å²) < 4.78 is 18.0. The third-order valence-electron chi connectivity index (χ3n) is 3.06. The number of halogens is 1. The fourth-order valence-electron chi connectivity index (χ4n) is 2.15. The van der Waals surface area contributed by atoms with E-state index in [1.54, 1.807) is 13.8 Å². The summed E-state index contributed by atoms with van der Waals surface area (Å²) in [4.78, 5) is 13.0.